The largest absolute Gasteiger partial charge is 0.235 e. The molecule has 0 aromatic heterocycles. The predicted molar refractivity (Wildman–Crippen MR) is 69.0 cm³/mol. The maximum atomic E-state index is 10.1. The summed E-state index contributed by atoms with van der Waals surface area (Å²) in [6.45, 7) is 3.75. The lowest BCUT2D eigenvalue weighted by Gasteiger charge is -2.07. The van der Waals surface area contributed by atoms with Crippen molar-refractivity contribution in [3.8, 4) is 0 Å². The molecule has 0 fully saturated rings. The van der Waals surface area contributed by atoms with Crippen molar-refractivity contribution < 1.29 is 9.59 Å². The lowest BCUT2D eigenvalue weighted by Crippen LogP contribution is -2.04. The molecule has 4 nitrogen and oxygen atoms in total. The first-order valence-electron chi connectivity index (χ1n) is 5.87. The molecule has 1 aromatic rings. The van der Waals surface area contributed by atoms with Gasteiger partial charge in [-0.3, -0.25) is 0 Å². The van der Waals surface area contributed by atoms with E-state index in [0.29, 0.717) is 0 Å². The van der Waals surface area contributed by atoms with Gasteiger partial charge in [0, 0.05) is 0 Å². The van der Waals surface area contributed by atoms with Crippen molar-refractivity contribution >= 4 is 12.2 Å². The number of benzene rings is 1. The first-order chi connectivity index (χ1) is 8.65. The van der Waals surface area contributed by atoms with Gasteiger partial charge in [0.05, 0.1) is 12.1 Å². The lowest BCUT2D eigenvalue weighted by atomic mass is 10.0. The molecular formula is C14H16N2O2. The van der Waals surface area contributed by atoms with Crippen LogP contribution in [0.2, 0.25) is 0 Å². The van der Waals surface area contributed by atoms with E-state index in [1.165, 1.54) is 0 Å². The van der Waals surface area contributed by atoms with E-state index in [4.69, 9.17) is 0 Å². The summed E-state index contributed by atoms with van der Waals surface area (Å²) >= 11 is 0. The van der Waals surface area contributed by atoms with Crippen LogP contribution < -0.4 is 0 Å². The monoisotopic (exact) mass is 244 g/mol. The molecular weight excluding hydrogens is 228 g/mol. The fourth-order valence-corrected chi connectivity index (χ4v) is 1.76. The highest BCUT2D eigenvalue weighted by Crippen LogP contribution is 2.10. The SMILES string of the molecule is C[C@H](Cc1ccc(C[C@@H](C)N=C=O)cc1)N=C=O. The standard InChI is InChI=1S/C14H16N2O2/c1-11(15-9-17)7-13-3-5-14(6-4-13)8-12(2)16-10-18/h3-6,11-12H,7-8H2,1-2H3/t11-,12-/m1/s1. The quantitative estimate of drug-likeness (QED) is 0.569. The van der Waals surface area contributed by atoms with Crippen molar-refractivity contribution in [2.24, 2.45) is 9.98 Å². The molecule has 94 valence electrons. The Bertz CT molecular complexity index is 424. The molecule has 0 saturated carbocycles. The highest BCUT2D eigenvalue weighted by molar-refractivity contribution is 5.34. The fourth-order valence-electron chi connectivity index (χ4n) is 1.76. The summed E-state index contributed by atoms with van der Waals surface area (Å²) in [6, 6.07) is 7.92. The van der Waals surface area contributed by atoms with E-state index in [-0.39, 0.29) is 12.1 Å². The van der Waals surface area contributed by atoms with Crippen molar-refractivity contribution in [3.63, 3.8) is 0 Å². The molecule has 0 aliphatic rings. The third-order valence-corrected chi connectivity index (χ3v) is 2.63. The zero-order valence-electron chi connectivity index (χ0n) is 10.6. The summed E-state index contributed by atoms with van der Waals surface area (Å²) in [4.78, 5) is 27.5. The van der Waals surface area contributed by atoms with Gasteiger partial charge in [0.1, 0.15) is 0 Å². The maximum Gasteiger partial charge on any atom is 0.235 e. The third kappa shape index (κ3) is 4.88. The zero-order chi connectivity index (χ0) is 13.4. The van der Waals surface area contributed by atoms with Gasteiger partial charge in [0.15, 0.2) is 0 Å². The average molecular weight is 244 g/mol. The molecule has 0 heterocycles. The number of nitrogens with zero attached hydrogens (tertiary/aromatic N) is 2. The Morgan fingerprint density at radius 2 is 1.22 bits per heavy atom. The molecule has 0 aliphatic carbocycles. The molecule has 0 spiro atoms. The van der Waals surface area contributed by atoms with Gasteiger partial charge < -0.3 is 0 Å². The van der Waals surface area contributed by atoms with Crippen LogP contribution >= 0.6 is 0 Å². The molecule has 2 atom stereocenters. The third-order valence-electron chi connectivity index (χ3n) is 2.63. The minimum Gasteiger partial charge on any atom is -0.211 e. The van der Waals surface area contributed by atoms with E-state index in [0.717, 1.165) is 24.0 Å². The van der Waals surface area contributed by atoms with Crippen LogP contribution in [0, 0.1) is 0 Å². The summed E-state index contributed by atoms with van der Waals surface area (Å²) in [5.41, 5.74) is 2.24. The minimum absolute atomic E-state index is 0.0491. The molecule has 0 unspecified atom stereocenters. The smallest absolute Gasteiger partial charge is 0.211 e. The van der Waals surface area contributed by atoms with Gasteiger partial charge in [0.25, 0.3) is 0 Å². The van der Waals surface area contributed by atoms with Gasteiger partial charge in [-0.15, -0.1) is 0 Å². The van der Waals surface area contributed by atoms with Crippen LogP contribution in [0.25, 0.3) is 0 Å². The number of isocyanates is 2. The Balaban J connectivity index is 2.62. The van der Waals surface area contributed by atoms with Crippen molar-refractivity contribution in [2.75, 3.05) is 0 Å². The lowest BCUT2D eigenvalue weighted by molar-refractivity contribution is 0.557. The molecule has 0 radical (unpaired) electrons. The molecule has 4 heteroatoms. The second-order valence-corrected chi connectivity index (χ2v) is 4.36. The van der Waals surface area contributed by atoms with Crippen LogP contribution in [0.1, 0.15) is 25.0 Å². The maximum absolute atomic E-state index is 10.1. The highest BCUT2D eigenvalue weighted by atomic mass is 16.1. The van der Waals surface area contributed by atoms with Gasteiger partial charge in [-0.25, -0.2) is 19.6 Å². The molecule has 0 saturated heterocycles. The molecule has 1 rings (SSSR count). The highest BCUT2D eigenvalue weighted by Gasteiger charge is 2.04. The molecule has 1 aromatic carbocycles. The summed E-state index contributed by atoms with van der Waals surface area (Å²) < 4.78 is 0. The molecule has 0 N–H and O–H groups in total. The minimum atomic E-state index is -0.0491. The molecule has 0 amide bonds. The van der Waals surface area contributed by atoms with Crippen molar-refractivity contribution in [1.29, 1.82) is 0 Å². The summed E-state index contributed by atoms with van der Waals surface area (Å²) in [5.74, 6) is 0. The van der Waals surface area contributed by atoms with E-state index in [1.807, 2.05) is 38.1 Å². The first kappa shape index (κ1) is 14.0. The van der Waals surface area contributed by atoms with Crippen LogP contribution in [0.15, 0.2) is 34.3 Å². The summed E-state index contributed by atoms with van der Waals surface area (Å²) in [7, 11) is 0. The molecule has 18 heavy (non-hydrogen) atoms. The molecule has 0 aliphatic heterocycles. The van der Waals surface area contributed by atoms with Crippen LogP contribution in [-0.4, -0.2) is 24.2 Å². The van der Waals surface area contributed by atoms with Gasteiger partial charge in [-0.2, -0.15) is 0 Å². The van der Waals surface area contributed by atoms with Crippen molar-refractivity contribution in [1.82, 2.24) is 0 Å². The summed E-state index contributed by atoms with van der Waals surface area (Å²) in [6.07, 6.45) is 4.57. The van der Waals surface area contributed by atoms with Crippen LogP contribution in [-0.2, 0) is 22.4 Å². The number of rotatable bonds is 6. The Labute approximate surface area is 106 Å². The second kappa shape index (κ2) is 7.33. The average Bonchev–Trinajstić information content (AvgIpc) is 2.32. The number of hydrogen-bond acceptors (Lipinski definition) is 4. The fraction of sp³-hybridized carbons (Fsp3) is 0.429. The Kier molecular flexibility index (Phi) is 5.72. The Hall–Kier alpha value is -2.02. The predicted octanol–water partition coefficient (Wildman–Crippen LogP) is 2.22. The number of aliphatic imine (C=N–C) groups is 2. The topological polar surface area (TPSA) is 58.9 Å². The van der Waals surface area contributed by atoms with Crippen LogP contribution in [0.3, 0.4) is 0 Å². The van der Waals surface area contributed by atoms with E-state index < -0.39 is 0 Å². The number of hydrogen-bond donors (Lipinski definition) is 0. The summed E-state index contributed by atoms with van der Waals surface area (Å²) in [5, 5.41) is 0. The van der Waals surface area contributed by atoms with Gasteiger partial charge >= 0.3 is 0 Å². The Morgan fingerprint density at radius 3 is 1.50 bits per heavy atom. The normalized spacial score (nSPS) is 13.0. The van der Waals surface area contributed by atoms with Crippen molar-refractivity contribution in [3.05, 3.63) is 35.4 Å². The van der Waals surface area contributed by atoms with Crippen LogP contribution in [0.5, 0.6) is 0 Å². The second-order valence-electron chi connectivity index (χ2n) is 4.36. The van der Waals surface area contributed by atoms with Gasteiger partial charge in [-0.1, -0.05) is 24.3 Å². The van der Waals surface area contributed by atoms with E-state index in [9.17, 15) is 9.59 Å². The van der Waals surface area contributed by atoms with E-state index in [2.05, 4.69) is 9.98 Å². The Morgan fingerprint density at radius 1 is 0.889 bits per heavy atom. The molecule has 0 bridgehead atoms. The van der Waals surface area contributed by atoms with Gasteiger partial charge in [0.2, 0.25) is 12.2 Å². The van der Waals surface area contributed by atoms with Crippen LogP contribution in [0.4, 0.5) is 0 Å². The zero-order valence-corrected chi connectivity index (χ0v) is 10.6. The number of carbonyl (C=O) groups excluding carboxylic acids is 2. The first-order valence-corrected chi connectivity index (χ1v) is 5.87. The van der Waals surface area contributed by atoms with Crippen molar-refractivity contribution in [2.45, 2.75) is 38.8 Å². The van der Waals surface area contributed by atoms with Gasteiger partial charge in [-0.05, 0) is 37.8 Å². The van der Waals surface area contributed by atoms with E-state index >= 15 is 0 Å². The van der Waals surface area contributed by atoms with E-state index in [1.54, 1.807) is 12.2 Å².